The van der Waals surface area contributed by atoms with Gasteiger partial charge in [0.2, 0.25) is 0 Å². The van der Waals surface area contributed by atoms with Gasteiger partial charge >= 0.3 is 5.97 Å². The summed E-state index contributed by atoms with van der Waals surface area (Å²) >= 11 is 6.87. The number of ether oxygens (including phenoxy) is 1. The summed E-state index contributed by atoms with van der Waals surface area (Å²) in [6.07, 6.45) is 1.39. The molecule has 0 saturated heterocycles. The van der Waals surface area contributed by atoms with E-state index >= 15 is 0 Å². The number of amides is 1. The quantitative estimate of drug-likeness (QED) is 0.698. The summed E-state index contributed by atoms with van der Waals surface area (Å²) < 4.78 is 14.2. The van der Waals surface area contributed by atoms with E-state index in [0.29, 0.717) is 15.7 Å². The van der Waals surface area contributed by atoms with E-state index in [1.807, 2.05) is 0 Å². The molecule has 7 nitrogen and oxygen atoms in total. The molecule has 1 amide bonds. The summed E-state index contributed by atoms with van der Waals surface area (Å²) in [6, 6.07) is 9.61. The first-order valence-electron chi connectivity index (χ1n) is 6.73. The highest BCUT2D eigenvalue weighted by molar-refractivity contribution is 7.10. The first-order valence-corrected chi connectivity index (χ1v) is 7.88. The van der Waals surface area contributed by atoms with E-state index in [1.165, 1.54) is 12.3 Å². The molecule has 24 heavy (non-hydrogen) atoms. The van der Waals surface area contributed by atoms with E-state index in [-0.39, 0.29) is 17.9 Å². The molecule has 9 heteroatoms. The van der Waals surface area contributed by atoms with E-state index in [9.17, 15) is 9.59 Å². The minimum absolute atomic E-state index is 0.103. The monoisotopic (exact) mass is 363 g/mol. The highest BCUT2D eigenvalue weighted by Gasteiger charge is 2.17. The van der Waals surface area contributed by atoms with Gasteiger partial charge in [-0.15, -0.1) is 5.10 Å². The second kappa shape index (κ2) is 7.24. The highest BCUT2D eigenvalue weighted by atomic mass is 35.5. The number of benzene rings is 1. The van der Waals surface area contributed by atoms with Gasteiger partial charge < -0.3 is 14.5 Å². The molecule has 0 fully saturated rings. The van der Waals surface area contributed by atoms with Crippen molar-refractivity contribution in [2.24, 2.45) is 0 Å². The van der Waals surface area contributed by atoms with Crippen LogP contribution in [-0.4, -0.2) is 21.5 Å². The largest absolute Gasteiger partial charge is 0.459 e. The van der Waals surface area contributed by atoms with Gasteiger partial charge in [-0.3, -0.25) is 4.79 Å². The lowest BCUT2D eigenvalue weighted by Crippen LogP contribution is -2.15. The third-order valence-corrected chi connectivity index (χ3v) is 3.97. The SMILES string of the molecule is O=C(Nc1ccccc1C(=O)OCc1nnsc1Cl)c1ccco1. The molecule has 3 rings (SSSR count). The fourth-order valence-electron chi connectivity index (χ4n) is 1.86. The van der Waals surface area contributed by atoms with Crippen LogP contribution in [0, 0.1) is 0 Å². The van der Waals surface area contributed by atoms with Gasteiger partial charge in [-0.2, -0.15) is 0 Å². The predicted octanol–water partition coefficient (Wildman–Crippen LogP) is 3.39. The molecule has 0 atom stereocenters. The zero-order chi connectivity index (χ0) is 16.9. The van der Waals surface area contributed by atoms with Crippen molar-refractivity contribution in [2.45, 2.75) is 6.61 Å². The minimum atomic E-state index is -0.616. The van der Waals surface area contributed by atoms with Gasteiger partial charge in [-0.05, 0) is 24.3 Å². The molecule has 0 saturated carbocycles. The van der Waals surface area contributed by atoms with Crippen LogP contribution in [0.2, 0.25) is 4.34 Å². The van der Waals surface area contributed by atoms with Gasteiger partial charge in [0.05, 0.1) is 17.5 Å². The molecule has 0 spiro atoms. The number of rotatable bonds is 5. The Balaban J connectivity index is 1.72. The number of hydrogen-bond donors (Lipinski definition) is 1. The third-order valence-electron chi connectivity index (χ3n) is 2.99. The van der Waals surface area contributed by atoms with Crippen LogP contribution >= 0.6 is 23.1 Å². The number of furan rings is 1. The average Bonchev–Trinajstić information content (AvgIpc) is 3.25. The fourth-order valence-corrected chi connectivity index (χ4v) is 2.46. The number of hydrogen-bond acceptors (Lipinski definition) is 7. The van der Waals surface area contributed by atoms with E-state index in [4.69, 9.17) is 20.8 Å². The Labute approximate surface area is 145 Å². The fraction of sp³-hybridized carbons (Fsp3) is 0.0667. The molecule has 2 heterocycles. The molecular formula is C15H10ClN3O4S. The van der Waals surface area contributed by atoms with Gasteiger partial charge in [-0.25, -0.2) is 4.79 Å². The van der Waals surface area contributed by atoms with Crippen molar-refractivity contribution in [3.8, 4) is 0 Å². The lowest BCUT2D eigenvalue weighted by molar-refractivity contribution is 0.0469. The molecule has 122 valence electrons. The van der Waals surface area contributed by atoms with Crippen LogP contribution in [0.25, 0.3) is 0 Å². The first kappa shape index (κ1) is 16.2. The van der Waals surface area contributed by atoms with E-state index in [0.717, 1.165) is 11.5 Å². The maximum Gasteiger partial charge on any atom is 0.340 e. The van der Waals surface area contributed by atoms with Gasteiger partial charge in [0.25, 0.3) is 5.91 Å². The molecule has 0 aliphatic heterocycles. The Morgan fingerprint density at radius 2 is 2.08 bits per heavy atom. The van der Waals surface area contributed by atoms with Gasteiger partial charge in [-0.1, -0.05) is 28.2 Å². The van der Waals surface area contributed by atoms with Crippen molar-refractivity contribution in [3.05, 3.63) is 64.0 Å². The van der Waals surface area contributed by atoms with Crippen molar-refractivity contribution in [2.75, 3.05) is 5.32 Å². The predicted molar refractivity (Wildman–Crippen MR) is 87.1 cm³/mol. The number of aromatic nitrogens is 2. The van der Waals surface area contributed by atoms with Crippen LogP contribution in [0.1, 0.15) is 26.6 Å². The molecule has 0 aliphatic carbocycles. The van der Waals surface area contributed by atoms with Crippen LogP contribution in [0.4, 0.5) is 5.69 Å². The smallest absolute Gasteiger partial charge is 0.340 e. The first-order chi connectivity index (χ1) is 11.6. The van der Waals surface area contributed by atoms with Crippen molar-refractivity contribution >= 4 is 40.7 Å². The minimum Gasteiger partial charge on any atom is -0.459 e. The Hall–Kier alpha value is -2.71. The number of esters is 1. The number of para-hydroxylation sites is 1. The Morgan fingerprint density at radius 1 is 1.25 bits per heavy atom. The third kappa shape index (κ3) is 3.61. The van der Waals surface area contributed by atoms with Gasteiger partial charge in [0.15, 0.2) is 5.76 Å². The van der Waals surface area contributed by atoms with Crippen molar-refractivity contribution in [1.29, 1.82) is 0 Å². The number of anilines is 1. The maximum atomic E-state index is 12.3. The molecule has 3 aromatic rings. The van der Waals surface area contributed by atoms with Crippen LogP contribution in [-0.2, 0) is 11.3 Å². The topological polar surface area (TPSA) is 94.3 Å². The van der Waals surface area contributed by atoms with Crippen LogP contribution < -0.4 is 5.32 Å². The second-order valence-electron chi connectivity index (χ2n) is 4.55. The molecule has 2 aromatic heterocycles. The lowest BCUT2D eigenvalue weighted by atomic mass is 10.1. The average molecular weight is 364 g/mol. The van der Waals surface area contributed by atoms with Gasteiger partial charge in [0, 0.05) is 11.5 Å². The summed E-state index contributed by atoms with van der Waals surface area (Å²) in [5.74, 6) is -0.945. The Bertz CT molecular complexity index is 863. The van der Waals surface area contributed by atoms with Crippen molar-refractivity contribution in [1.82, 2.24) is 9.59 Å². The van der Waals surface area contributed by atoms with Crippen molar-refractivity contribution in [3.63, 3.8) is 0 Å². The normalized spacial score (nSPS) is 10.4. The molecule has 0 radical (unpaired) electrons. The number of nitrogens with one attached hydrogen (secondary N) is 1. The number of carbonyl (C=O) groups excluding carboxylic acids is 2. The van der Waals surface area contributed by atoms with Crippen molar-refractivity contribution < 1.29 is 18.7 Å². The number of halogens is 1. The zero-order valence-electron chi connectivity index (χ0n) is 12.1. The maximum absolute atomic E-state index is 12.3. The molecular weight excluding hydrogens is 354 g/mol. The molecule has 1 N–H and O–H groups in total. The number of carbonyl (C=O) groups is 2. The van der Waals surface area contributed by atoms with E-state index < -0.39 is 11.9 Å². The summed E-state index contributed by atoms with van der Waals surface area (Å²) in [5, 5.41) is 6.38. The lowest BCUT2D eigenvalue weighted by Gasteiger charge is -2.09. The van der Waals surface area contributed by atoms with Crippen LogP contribution in [0.5, 0.6) is 0 Å². The molecule has 1 aromatic carbocycles. The molecule has 0 unspecified atom stereocenters. The summed E-state index contributed by atoms with van der Waals surface area (Å²) in [4.78, 5) is 24.3. The van der Waals surface area contributed by atoms with E-state index in [1.54, 1.807) is 30.3 Å². The Morgan fingerprint density at radius 3 is 2.79 bits per heavy atom. The summed E-state index contributed by atoms with van der Waals surface area (Å²) in [5.41, 5.74) is 0.898. The highest BCUT2D eigenvalue weighted by Crippen LogP contribution is 2.21. The second-order valence-corrected chi connectivity index (χ2v) is 5.90. The summed E-state index contributed by atoms with van der Waals surface area (Å²) in [7, 11) is 0. The Kier molecular flexibility index (Phi) is 4.88. The molecule has 0 aliphatic rings. The summed E-state index contributed by atoms with van der Waals surface area (Å²) in [6.45, 7) is -0.103. The van der Waals surface area contributed by atoms with Gasteiger partial charge in [0.1, 0.15) is 16.6 Å². The van der Waals surface area contributed by atoms with Crippen LogP contribution in [0.15, 0.2) is 47.1 Å². The van der Waals surface area contributed by atoms with Crippen LogP contribution in [0.3, 0.4) is 0 Å². The zero-order valence-corrected chi connectivity index (χ0v) is 13.6. The number of nitrogens with zero attached hydrogens (tertiary/aromatic N) is 2. The standard InChI is InChI=1S/C15H10ClN3O4S/c16-13-11(18-19-24-13)8-23-15(21)9-4-1-2-5-10(9)17-14(20)12-6-3-7-22-12/h1-7H,8H2,(H,17,20). The molecule has 0 bridgehead atoms. The van der Waals surface area contributed by atoms with E-state index in [2.05, 4.69) is 14.9 Å².